The van der Waals surface area contributed by atoms with E-state index in [0.717, 1.165) is 6.07 Å². The van der Waals surface area contributed by atoms with Gasteiger partial charge in [-0.15, -0.1) is 0 Å². The molecule has 6 heteroatoms. The Balaban J connectivity index is 2.90. The number of rotatable bonds is 3. The van der Waals surface area contributed by atoms with Gasteiger partial charge in [0.2, 0.25) is 6.54 Å². The Labute approximate surface area is 87.6 Å². The fourth-order valence-corrected chi connectivity index (χ4v) is 1.50. The van der Waals surface area contributed by atoms with Gasteiger partial charge in [-0.3, -0.25) is 10.1 Å². The first-order valence-electron chi connectivity index (χ1n) is 3.79. The van der Waals surface area contributed by atoms with E-state index < -0.39 is 16.5 Å². The Kier molecular flexibility index (Phi) is 3.40. The fourth-order valence-electron chi connectivity index (χ4n) is 1.02. The van der Waals surface area contributed by atoms with Crippen molar-refractivity contribution in [1.29, 1.82) is 0 Å². The highest BCUT2D eigenvalue weighted by Crippen LogP contribution is 2.26. The molecule has 76 valence electrons. The van der Waals surface area contributed by atoms with Crippen LogP contribution in [-0.4, -0.2) is 16.6 Å². The van der Waals surface area contributed by atoms with Gasteiger partial charge in [0.25, 0.3) is 0 Å². The molecule has 0 aliphatic rings. The molecule has 0 atom stereocenters. The van der Waals surface area contributed by atoms with E-state index in [9.17, 15) is 19.6 Å². The van der Waals surface area contributed by atoms with E-state index in [1.165, 1.54) is 6.07 Å². The molecule has 1 aromatic carbocycles. The van der Waals surface area contributed by atoms with Crippen molar-refractivity contribution in [3.05, 3.63) is 38.1 Å². The van der Waals surface area contributed by atoms with Crippen LogP contribution in [0.2, 0.25) is 0 Å². The Morgan fingerprint density at radius 1 is 1.57 bits per heavy atom. The zero-order valence-electron chi connectivity index (χ0n) is 7.04. The van der Waals surface area contributed by atoms with Crippen LogP contribution in [-0.2, 0) is 6.42 Å². The number of hydrogen-bond donors (Lipinski definition) is 1. The smallest absolute Gasteiger partial charge is 0.208 e. The van der Waals surface area contributed by atoms with E-state index in [-0.39, 0.29) is 18.5 Å². The van der Waals surface area contributed by atoms with Crippen molar-refractivity contribution in [2.45, 2.75) is 6.42 Å². The zero-order chi connectivity index (χ0) is 10.7. The minimum atomic E-state index is -0.780. The maximum Gasteiger partial charge on any atom is 0.208 e. The number of phenols is 1. The standard InChI is InChI=1S/C8H7BrFNO3/c9-6-3-5(1-2-11(13)14)8(12)7(10)4-6/h3-4,12H,1-2H2. The fraction of sp³-hybridized carbons (Fsp3) is 0.250. The Morgan fingerprint density at radius 3 is 2.79 bits per heavy atom. The minimum absolute atomic E-state index is 0.00912. The molecule has 1 rings (SSSR count). The van der Waals surface area contributed by atoms with Crippen LogP contribution in [0.5, 0.6) is 5.75 Å². The molecular weight excluding hydrogens is 257 g/mol. The first-order valence-corrected chi connectivity index (χ1v) is 4.58. The highest BCUT2D eigenvalue weighted by Gasteiger charge is 2.10. The second-order valence-electron chi connectivity index (χ2n) is 2.70. The second kappa shape index (κ2) is 4.36. The molecule has 0 unspecified atom stereocenters. The third-order valence-corrected chi connectivity index (χ3v) is 2.13. The van der Waals surface area contributed by atoms with E-state index in [4.69, 9.17) is 0 Å². The Bertz CT molecular complexity index is 370. The summed E-state index contributed by atoms with van der Waals surface area (Å²) in [7, 11) is 0. The molecule has 0 heterocycles. The van der Waals surface area contributed by atoms with Crippen LogP contribution in [0.3, 0.4) is 0 Å². The van der Waals surface area contributed by atoms with E-state index >= 15 is 0 Å². The summed E-state index contributed by atoms with van der Waals surface area (Å²) in [5, 5.41) is 19.3. The molecule has 0 bridgehead atoms. The third-order valence-electron chi connectivity index (χ3n) is 1.67. The maximum atomic E-state index is 12.9. The summed E-state index contributed by atoms with van der Waals surface area (Å²) in [5.74, 6) is -1.30. The van der Waals surface area contributed by atoms with Gasteiger partial charge >= 0.3 is 0 Å². The molecule has 0 amide bonds. The van der Waals surface area contributed by atoms with Crippen molar-refractivity contribution < 1.29 is 14.4 Å². The minimum Gasteiger partial charge on any atom is -0.505 e. The van der Waals surface area contributed by atoms with Gasteiger partial charge in [-0.1, -0.05) is 15.9 Å². The molecule has 0 radical (unpaired) electrons. The van der Waals surface area contributed by atoms with Crippen molar-refractivity contribution in [3.63, 3.8) is 0 Å². The monoisotopic (exact) mass is 263 g/mol. The Hall–Kier alpha value is -1.17. The van der Waals surface area contributed by atoms with E-state index in [1.54, 1.807) is 0 Å². The summed E-state index contributed by atoms with van der Waals surface area (Å²) in [6.07, 6.45) is 0.00912. The first kappa shape index (κ1) is 10.9. The lowest BCUT2D eigenvalue weighted by Gasteiger charge is -2.03. The summed E-state index contributed by atoms with van der Waals surface area (Å²) < 4.78 is 13.4. The number of nitrogens with zero attached hydrogens (tertiary/aromatic N) is 1. The molecule has 0 saturated carbocycles. The molecule has 1 N–H and O–H groups in total. The van der Waals surface area contributed by atoms with E-state index in [2.05, 4.69) is 15.9 Å². The molecule has 14 heavy (non-hydrogen) atoms. The molecule has 0 aliphatic heterocycles. The number of nitro groups is 1. The number of benzene rings is 1. The summed E-state index contributed by atoms with van der Waals surface area (Å²) in [6, 6.07) is 2.56. The third kappa shape index (κ3) is 2.66. The summed E-state index contributed by atoms with van der Waals surface area (Å²) in [4.78, 5) is 9.56. The van der Waals surface area contributed by atoms with Gasteiger partial charge in [-0.05, 0) is 12.1 Å². The number of hydrogen-bond acceptors (Lipinski definition) is 3. The first-order chi connectivity index (χ1) is 6.50. The van der Waals surface area contributed by atoms with Gasteiger partial charge < -0.3 is 5.11 Å². The average molecular weight is 264 g/mol. The molecule has 0 saturated heterocycles. The molecule has 1 aromatic rings. The van der Waals surface area contributed by atoms with Crippen LogP contribution in [0, 0.1) is 15.9 Å². The van der Waals surface area contributed by atoms with Gasteiger partial charge in [-0.2, -0.15) is 0 Å². The van der Waals surface area contributed by atoms with Crippen molar-refractivity contribution >= 4 is 15.9 Å². The SMILES string of the molecule is O=[N+]([O-])CCc1cc(Br)cc(F)c1O. The van der Waals surface area contributed by atoms with Gasteiger partial charge in [0.05, 0.1) is 0 Å². The topological polar surface area (TPSA) is 63.4 Å². The Morgan fingerprint density at radius 2 is 2.21 bits per heavy atom. The van der Waals surface area contributed by atoms with Gasteiger partial charge in [0.1, 0.15) is 0 Å². The van der Waals surface area contributed by atoms with Crippen LogP contribution in [0.15, 0.2) is 16.6 Å². The van der Waals surface area contributed by atoms with Crippen molar-refractivity contribution in [2.75, 3.05) is 6.54 Å². The van der Waals surface area contributed by atoms with Crippen LogP contribution < -0.4 is 0 Å². The predicted molar refractivity (Wildman–Crippen MR) is 51.3 cm³/mol. The largest absolute Gasteiger partial charge is 0.505 e. The maximum absolute atomic E-state index is 12.9. The second-order valence-corrected chi connectivity index (χ2v) is 3.62. The quantitative estimate of drug-likeness (QED) is 0.671. The number of aromatic hydroxyl groups is 1. The average Bonchev–Trinajstić information content (AvgIpc) is 2.08. The van der Waals surface area contributed by atoms with Crippen LogP contribution in [0.1, 0.15) is 5.56 Å². The molecule has 0 aliphatic carbocycles. The summed E-state index contributed by atoms with van der Waals surface area (Å²) in [6.45, 7) is -0.330. The summed E-state index contributed by atoms with van der Waals surface area (Å²) >= 11 is 3.03. The highest BCUT2D eigenvalue weighted by molar-refractivity contribution is 9.10. The normalized spacial score (nSPS) is 10.1. The van der Waals surface area contributed by atoms with E-state index in [0.29, 0.717) is 4.47 Å². The van der Waals surface area contributed by atoms with Crippen LogP contribution in [0.25, 0.3) is 0 Å². The van der Waals surface area contributed by atoms with Crippen molar-refractivity contribution in [2.24, 2.45) is 0 Å². The summed E-state index contributed by atoms with van der Waals surface area (Å²) in [5.41, 5.74) is 0.230. The lowest BCUT2D eigenvalue weighted by molar-refractivity contribution is -0.479. The van der Waals surface area contributed by atoms with Crippen molar-refractivity contribution in [1.82, 2.24) is 0 Å². The molecular formula is C8H7BrFNO3. The van der Waals surface area contributed by atoms with Crippen LogP contribution in [0.4, 0.5) is 4.39 Å². The number of phenolic OH excluding ortho intramolecular Hbond substituents is 1. The van der Waals surface area contributed by atoms with E-state index in [1.807, 2.05) is 0 Å². The van der Waals surface area contributed by atoms with Gasteiger partial charge in [0.15, 0.2) is 11.6 Å². The van der Waals surface area contributed by atoms with Crippen LogP contribution >= 0.6 is 15.9 Å². The molecule has 0 aromatic heterocycles. The highest BCUT2D eigenvalue weighted by atomic mass is 79.9. The molecule has 4 nitrogen and oxygen atoms in total. The lowest BCUT2D eigenvalue weighted by Crippen LogP contribution is -2.04. The van der Waals surface area contributed by atoms with Gasteiger partial charge in [-0.25, -0.2) is 4.39 Å². The molecule has 0 spiro atoms. The van der Waals surface area contributed by atoms with Crippen molar-refractivity contribution in [3.8, 4) is 5.75 Å². The van der Waals surface area contributed by atoms with Gasteiger partial charge in [0, 0.05) is 21.4 Å². The number of halogens is 2. The molecule has 0 fully saturated rings. The lowest BCUT2D eigenvalue weighted by atomic mass is 10.1. The predicted octanol–water partition coefficient (Wildman–Crippen LogP) is 2.11. The zero-order valence-corrected chi connectivity index (χ0v) is 8.62.